The first-order valence-electron chi connectivity index (χ1n) is 5.63. The number of amides is 1. The van der Waals surface area contributed by atoms with Crippen LogP contribution in [0.4, 0.5) is 13.2 Å². The molecule has 2 heterocycles. The summed E-state index contributed by atoms with van der Waals surface area (Å²) in [5.41, 5.74) is 3.83. The summed E-state index contributed by atoms with van der Waals surface area (Å²) in [7, 11) is 0. The van der Waals surface area contributed by atoms with E-state index < -0.39 is 17.8 Å². The topological polar surface area (TPSA) is 77.2 Å². The fourth-order valence-corrected chi connectivity index (χ4v) is 1.76. The van der Waals surface area contributed by atoms with Crippen LogP contribution in [-0.4, -0.2) is 30.1 Å². The Morgan fingerprint density at radius 1 is 1.47 bits per heavy atom. The maximum Gasteiger partial charge on any atom is 0.433 e. The first-order chi connectivity index (χ1) is 8.88. The van der Waals surface area contributed by atoms with Gasteiger partial charge in [0, 0.05) is 6.54 Å². The van der Waals surface area contributed by atoms with E-state index in [1.165, 1.54) is 0 Å². The molecule has 0 bridgehead atoms. The molecule has 1 atom stereocenters. The summed E-state index contributed by atoms with van der Waals surface area (Å²) >= 11 is 0. The lowest BCUT2D eigenvalue weighted by Gasteiger charge is -2.15. The van der Waals surface area contributed by atoms with E-state index in [2.05, 4.69) is 10.3 Å². The van der Waals surface area contributed by atoms with Gasteiger partial charge >= 0.3 is 6.18 Å². The molecule has 19 heavy (non-hydrogen) atoms. The first kappa shape index (κ1) is 13.6. The van der Waals surface area contributed by atoms with Crippen LogP contribution in [0.1, 0.15) is 22.5 Å². The Kier molecular flexibility index (Phi) is 3.61. The molecule has 1 aliphatic heterocycles. The Hall–Kier alpha value is -1.83. The number of nitrogens with zero attached hydrogens (tertiary/aromatic N) is 1. The van der Waals surface area contributed by atoms with Crippen LogP contribution in [0.15, 0.2) is 12.1 Å². The molecule has 0 saturated carbocycles. The number of carbonyl (C=O) groups is 1. The third-order valence-electron chi connectivity index (χ3n) is 2.71. The summed E-state index contributed by atoms with van der Waals surface area (Å²) in [5, 5.41) is 2.99. The summed E-state index contributed by atoms with van der Waals surface area (Å²) in [5.74, 6) is -1.24. The van der Waals surface area contributed by atoms with Crippen LogP contribution in [-0.2, 0) is 6.18 Å². The van der Waals surface area contributed by atoms with E-state index >= 15 is 0 Å². The molecule has 5 nitrogen and oxygen atoms in total. The van der Waals surface area contributed by atoms with Crippen molar-refractivity contribution in [3.8, 4) is 5.88 Å². The van der Waals surface area contributed by atoms with E-state index in [0.29, 0.717) is 25.6 Å². The molecule has 1 fully saturated rings. The fraction of sp³-hybridized carbons (Fsp3) is 0.455. The molecule has 104 valence electrons. The summed E-state index contributed by atoms with van der Waals surface area (Å²) in [6.45, 7) is 1.20. The van der Waals surface area contributed by atoms with E-state index in [0.717, 1.165) is 6.07 Å². The van der Waals surface area contributed by atoms with Crippen molar-refractivity contribution in [2.24, 2.45) is 5.73 Å². The van der Waals surface area contributed by atoms with Gasteiger partial charge in [-0.15, -0.1) is 0 Å². The van der Waals surface area contributed by atoms with Crippen LogP contribution in [0.3, 0.4) is 0 Å². The number of primary amides is 1. The van der Waals surface area contributed by atoms with E-state index in [4.69, 9.17) is 10.5 Å². The van der Waals surface area contributed by atoms with Gasteiger partial charge < -0.3 is 15.8 Å². The van der Waals surface area contributed by atoms with Gasteiger partial charge in [-0.25, -0.2) is 4.98 Å². The average molecular weight is 275 g/mol. The summed E-state index contributed by atoms with van der Waals surface area (Å²) in [6.07, 6.45) is -4.27. The number of aromatic nitrogens is 1. The van der Waals surface area contributed by atoms with Gasteiger partial charge in [-0.3, -0.25) is 4.79 Å². The predicted octanol–water partition coefficient (Wildman–Crippen LogP) is 0.940. The van der Waals surface area contributed by atoms with Crippen LogP contribution < -0.4 is 15.8 Å². The molecule has 0 aromatic carbocycles. The number of hydrogen-bond donors (Lipinski definition) is 2. The van der Waals surface area contributed by atoms with Gasteiger partial charge in [0.15, 0.2) is 0 Å². The Balaban J connectivity index is 2.32. The lowest BCUT2D eigenvalue weighted by molar-refractivity contribution is -0.141. The highest BCUT2D eigenvalue weighted by molar-refractivity contribution is 5.95. The lowest BCUT2D eigenvalue weighted by atomic mass is 10.2. The number of halogens is 3. The van der Waals surface area contributed by atoms with Gasteiger partial charge in [0.25, 0.3) is 5.91 Å². The van der Waals surface area contributed by atoms with Crippen molar-refractivity contribution in [3.63, 3.8) is 0 Å². The molecular weight excluding hydrogens is 263 g/mol. The average Bonchev–Trinajstić information content (AvgIpc) is 2.80. The lowest BCUT2D eigenvalue weighted by Crippen LogP contribution is -2.23. The smallest absolute Gasteiger partial charge is 0.433 e. The second kappa shape index (κ2) is 5.04. The molecule has 8 heteroatoms. The highest BCUT2D eigenvalue weighted by Gasteiger charge is 2.34. The molecule has 1 aromatic rings. The standard InChI is InChI=1S/C11H12F3N3O2/c12-11(13,14)8-2-1-7(9(15)18)10(17-8)19-6-3-4-16-5-6/h1-2,6,16H,3-5H2,(H2,15,18). The maximum atomic E-state index is 12.6. The molecule has 3 N–H and O–H groups in total. The predicted molar refractivity (Wildman–Crippen MR) is 59.7 cm³/mol. The highest BCUT2D eigenvalue weighted by atomic mass is 19.4. The Morgan fingerprint density at radius 2 is 2.21 bits per heavy atom. The van der Waals surface area contributed by atoms with Crippen LogP contribution in [0.2, 0.25) is 0 Å². The molecule has 2 rings (SSSR count). The third-order valence-corrected chi connectivity index (χ3v) is 2.71. The number of carbonyl (C=O) groups excluding carboxylic acids is 1. The van der Waals surface area contributed by atoms with Crippen molar-refractivity contribution < 1.29 is 22.7 Å². The van der Waals surface area contributed by atoms with Crippen LogP contribution in [0.5, 0.6) is 5.88 Å². The summed E-state index contributed by atoms with van der Waals surface area (Å²) in [6, 6.07) is 1.69. The van der Waals surface area contributed by atoms with Crippen LogP contribution in [0, 0.1) is 0 Å². The van der Waals surface area contributed by atoms with Crippen molar-refractivity contribution in [1.82, 2.24) is 10.3 Å². The number of ether oxygens (including phenoxy) is 1. The van der Waals surface area contributed by atoms with E-state index in [1.54, 1.807) is 0 Å². The number of pyridine rings is 1. The normalized spacial score (nSPS) is 19.4. The zero-order valence-electron chi connectivity index (χ0n) is 9.83. The molecule has 0 spiro atoms. The summed E-state index contributed by atoms with van der Waals surface area (Å²) < 4.78 is 43.0. The van der Waals surface area contributed by atoms with Crippen LogP contribution >= 0.6 is 0 Å². The monoisotopic (exact) mass is 275 g/mol. The van der Waals surface area contributed by atoms with Crippen molar-refractivity contribution >= 4 is 5.91 Å². The van der Waals surface area contributed by atoms with Crippen LogP contribution in [0.25, 0.3) is 0 Å². The van der Waals surface area contributed by atoms with E-state index in [1.807, 2.05) is 0 Å². The SMILES string of the molecule is NC(=O)c1ccc(C(F)(F)F)nc1OC1CCNC1. The Labute approximate surface area is 106 Å². The van der Waals surface area contributed by atoms with Gasteiger partial charge in [-0.1, -0.05) is 0 Å². The number of rotatable bonds is 3. The zero-order valence-corrected chi connectivity index (χ0v) is 9.83. The van der Waals surface area contributed by atoms with Crippen molar-refractivity contribution in [3.05, 3.63) is 23.4 Å². The Morgan fingerprint density at radius 3 is 2.74 bits per heavy atom. The minimum Gasteiger partial charge on any atom is -0.472 e. The maximum absolute atomic E-state index is 12.6. The largest absolute Gasteiger partial charge is 0.472 e. The minimum atomic E-state index is -4.60. The van der Waals surface area contributed by atoms with Crippen molar-refractivity contribution in [2.75, 3.05) is 13.1 Å². The molecule has 1 saturated heterocycles. The number of nitrogens with two attached hydrogens (primary N) is 1. The second-order valence-corrected chi connectivity index (χ2v) is 4.14. The number of hydrogen-bond acceptors (Lipinski definition) is 4. The molecule has 0 aliphatic carbocycles. The van der Waals surface area contributed by atoms with Gasteiger partial charge in [0.05, 0.1) is 0 Å². The van der Waals surface area contributed by atoms with Crippen molar-refractivity contribution in [2.45, 2.75) is 18.7 Å². The third kappa shape index (κ3) is 3.14. The van der Waals surface area contributed by atoms with Gasteiger partial charge in [0.1, 0.15) is 17.4 Å². The van der Waals surface area contributed by atoms with Gasteiger partial charge in [-0.2, -0.15) is 13.2 Å². The highest BCUT2D eigenvalue weighted by Crippen LogP contribution is 2.30. The number of alkyl halides is 3. The fourth-order valence-electron chi connectivity index (χ4n) is 1.76. The number of nitrogens with one attached hydrogen (secondary N) is 1. The molecule has 1 amide bonds. The molecule has 0 radical (unpaired) electrons. The second-order valence-electron chi connectivity index (χ2n) is 4.14. The zero-order chi connectivity index (χ0) is 14.0. The van der Waals surface area contributed by atoms with Gasteiger partial charge in [-0.05, 0) is 25.1 Å². The van der Waals surface area contributed by atoms with Crippen molar-refractivity contribution in [1.29, 1.82) is 0 Å². The van der Waals surface area contributed by atoms with E-state index in [-0.39, 0.29) is 17.5 Å². The first-order valence-corrected chi connectivity index (χ1v) is 5.63. The quantitative estimate of drug-likeness (QED) is 0.860. The summed E-state index contributed by atoms with van der Waals surface area (Å²) in [4.78, 5) is 14.5. The molecular formula is C11H12F3N3O2. The van der Waals surface area contributed by atoms with E-state index in [9.17, 15) is 18.0 Å². The molecule has 1 unspecified atom stereocenters. The Bertz CT molecular complexity index is 485. The minimum absolute atomic E-state index is 0.153. The molecule has 1 aliphatic rings. The van der Waals surface area contributed by atoms with Gasteiger partial charge in [0.2, 0.25) is 5.88 Å². The molecule has 1 aromatic heterocycles.